The Morgan fingerprint density at radius 2 is 1.71 bits per heavy atom. The summed E-state index contributed by atoms with van der Waals surface area (Å²) in [5, 5.41) is 2.66. The molecule has 7 heteroatoms. The van der Waals surface area contributed by atoms with Crippen molar-refractivity contribution in [3.8, 4) is 0 Å². The summed E-state index contributed by atoms with van der Waals surface area (Å²) in [5.41, 5.74) is 2.39. The number of aliphatic imine (C=N–C) groups is 1. The zero-order valence-electron chi connectivity index (χ0n) is 15.8. The van der Waals surface area contributed by atoms with Gasteiger partial charge in [-0.05, 0) is 62.5 Å². The molecule has 1 heterocycles. The van der Waals surface area contributed by atoms with Crippen LogP contribution in [0.25, 0.3) is 0 Å². The zero-order chi connectivity index (χ0) is 20.1. The lowest BCUT2D eigenvalue weighted by atomic mass is 10.1. The van der Waals surface area contributed by atoms with Crippen LogP contribution in [0.3, 0.4) is 0 Å². The van der Waals surface area contributed by atoms with Crippen LogP contribution in [-0.2, 0) is 9.59 Å². The first-order valence-corrected chi connectivity index (χ1v) is 9.59. The topological polar surface area (TPSA) is 65.0 Å². The Bertz CT molecular complexity index is 892. The lowest BCUT2D eigenvalue weighted by Crippen LogP contribution is -2.58. The van der Waals surface area contributed by atoms with Crippen LogP contribution in [0.1, 0.15) is 13.8 Å². The van der Waals surface area contributed by atoms with Crippen LogP contribution in [0.4, 0.5) is 17.1 Å². The minimum absolute atomic E-state index is 0.0782. The third-order valence-corrected chi connectivity index (χ3v) is 4.85. The van der Waals surface area contributed by atoms with Crippen LogP contribution in [0, 0.1) is 5.92 Å². The van der Waals surface area contributed by atoms with Gasteiger partial charge < -0.3 is 10.2 Å². The van der Waals surface area contributed by atoms with Crippen molar-refractivity contribution >= 4 is 52.4 Å². The number of rotatable bonds is 6. The molecule has 0 saturated carbocycles. The maximum absolute atomic E-state index is 12.9. The van der Waals surface area contributed by atoms with Crippen molar-refractivity contribution in [1.29, 1.82) is 0 Å². The molecule has 1 N–H and O–H groups in total. The fourth-order valence-corrected chi connectivity index (χ4v) is 3.34. The van der Waals surface area contributed by atoms with Crippen molar-refractivity contribution in [1.82, 2.24) is 5.32 Å². The van der Waals surface area contributed by atoms with Gasteiger partial charge in [-0.2, -0.15) is 0 Å². The Morgan fingerprint density at radius 3 is 2.32 bits per heavy atom. The number of anilines is 2. The molecule has 1 fully saturated rings. The van der Waals surface area contributed by atoms with Gasteiger partial charge in [-0.25, -0.2) is 0 Å². The van der Waals surface area contributed by atoms with E-state index in [0.717, 1.165) is 18.8 Å². The number of hydrogen-bond acceptors (Lipinski definition) is 5. The molecule has 2 amide bonds. The van der Waals surface area contributed by atoms with Crippen molar-refractivity contribution in [3.63, 3.8) is 0 Å². The van der Waals surface area contributed by atoms with Crippen molar-refractivity contribution in [2.45, 2.75) is 13.8 Å². The minimum Gasteiger partial charge on any atom is -0.372 e. The fourth-order valence-electron chi connectivity index (χ4n) is 3.04. The molecule has 2 aromatic carbocycles. The van der Waals surface area contributed by atoms with E-state index in [-0.39, 0.29) is 5.11 Å². The van der Waals surface area contributed by atoms with Crippen LogP contribution in [-0.4, -0.2) is 36.2 Å². The Kier molecular flexibility index (Phi) is 6.16. The van der Waals surface area contributed by atoms with Crippen LogP contribution in [0.2, 0.25) is 0 Å². The molecule has 0 bridgehead atoms. The summed E-state index contributed by atoms with van der Waals surface area (Å²) in [4.78, 5) is 33.1. The third-order valence-electron chi connectivity index (χ3n) is 4.57. The highest BCUT2D eigenvalue weighted by atomic mass is 32.1. The summed E-state index contributed by atoms with van der Waals surface area (Å²) < 4.78 is 0. The minimum atomic E-state index is -1.03. The van der Waals surface area contributed by atoms with Crippen molar-refractivity contribution < 1.29 is 9.59 Å². The van der Waals surface area contributed by atoms with Crippen molar-refractivity contribution in [3.05, 3.63) is 54.6 Å². The quantitative estimate of drug-likeness (QED) is 0.464. The smallest absolute Gasteiger partial charge is 0.251 e. The van der Waals surface area contributed by atoms with Gasteiger partial charge in [0.05, 0.1) is 11.4 Å². The van der Waals surface area contributed by atoms with Gasteiger partial charge in [-0.1, -0.05) is 18.2 Å². The lowest BCUT2D eigenvalue weighted by Gasteiger charge is -2.30. The first-order chi connectivity index (χ1) is 13.5. The van der Waals surface area contributed by atoms with Gasteiger partial charge >= 0.3 is 0 Å². The van der Waals surface area contributed by atoms with Crippen molar-refractivity contribution in [2.75, 3.05) is 22.9 Å². The summed E-state index contributed by atoms with van der Waals surface area (Å²) in [6.07, 6.45) is 1.38. The summed E-state index contributed by atoms with van der Waals surface area (Å²) in [5.74, 6) is -1.91. The summed E-state index contributed by atoms with van der Waals surface area (Å²) in [6.45, 7) is 6.05. The molecule has 1 aliphatic rings. The highest BCUT2D eigenvalue weighted by Gasteiger charge is 2.38. The first kappa shape index (κ1) is 19.7. The summed E-state index contributed by atoms with van der Waals surface area (Å²) in [6, 6.07) is 16.7. The molecule has 0 aromatic heterocycles. The normalized spacial score (nSPS) is 17.1. The molecule has 28 heavy (non-hydrogen) atoms. The Labute approximate surface area is 169 Å². The molecule has 144 valence electrons. The van der Waals surface area contributed by atoms with E-state index < -0.39 is 17.7 Å². The number of benzene rings is 2. The van der Waals surface area contributed by atoms with E-state index >= 15 is 0 Å². The second kappa shape index (κ2) is 8.75. The molecule has 0 aliphatic carbocycles. The molecule has 0 spiro atoms. The number of nitrogens with zero attached hydrogens (tertiary/aromatic N) is 3. The highest BCUT2D eigenvalue weighted by Crippen LogP contribution is 2.22. The predicted octanol–water partition coefficient (Wildman–Crippen LogP) is 3.30. The van der Waals surface area contributed by atoms with Crippen LogP contribution < -0.4 is 15.1 Å². The van der Waals surface area contributed by atoms with Crippen LogP contribution in [0.5, 0.6) is 0 Å². The maximum Gasteiger partial charge on any atom is 0.251 e. The second-order valence-electron chi connectivity index (χ2n) is 6.25. The Morgan fingerprint density at radius 1 is 1.07 bits per heavy atom. The summed E-state index contributed by atoms with van der Waals surface area (Å²) in [7, 11) is 0. The van der Waals surface area contributed by atoms with E-state index in [9.17, 15) is 9.59 Å². The monoisotopic (exact) mass is 394 g/mol. The molecule has 3 rings (SSSR count). The van der Waals surface area contributed by atoms with Gasteiger partial charge in [0.2, 0.25) is 5.91 Å². The van der Waals surface area contributed by atoms with Gasteiger partial charge in [0.15, 0.2) is 11.0 Å². The number of nitrogens with one attached hydrogen (secondary N) is 1. The number of thiocarbonyl (C=S) groups is 1. The van der Waals surface area contributed by atoms with Gasteiger partial charge in [-0.15, -0.1) is 0 Å². The fraction of sp³-hybridized carbons (Fsp3) is 0.238. The van der Waals surface area contributed by atoms with E-state index in [0.29, 0.717) is 11.4 Å². The molecule has 1 saturated heterocycles. The largest absolute Gasteiger partial charge is 0.372 e. The molecular weight excluding hydrogens is 372 g/mol. The number of carbonyl (C=O) groups excluding carboxylic acids is 2. The molecule has 2 aromatic rings. The molecule has 1 atom stereocenters. The van der Waals surface area contributed by atoms with Crippen LogP contribution >= 0.6 is 12.2 Å². The van der Waals surface area contributed by atoms with E-state index in [2.05, 4.69) is 29.1 Å². The highest BCUT2D eigenvalue weighted by molar-refractivity contribution is 7.80. The Hall–Kier alpha value is -3.06. The van der Waals surface area contributed by atoms with E-state index in [4.69, 9.17) is 12.2 Å². The second-order valence-corrected chi connectivity index (χ2v) is 6.63. The first-order valence-electron chi connectivity index (χ1n) is 9.18. The van der Waals surface area contributed by atoms with Gasteiger partial charge in [0.25, 0.3) is 5.91 Å². The van der Waals surface area contributed by atoms with Gasteiger partial charge in [-0.3, -0.25) is 19.5 Å². The average molecular weight is 395 g/mol. The number of para-hydroxylation sites is 1. The van der Waals surface area contributed by atoms with E-state index in [1.165, 1.54) is 11.1 Å². The standard InChI is InChI=1S/C21H22N4O2S/c1-3-24(4-2)16-12-10-15(11-13-16)22-14-18-19(26)23-21(28)25(20(18)27)17-8-6-5-7-9-17/h5-14,18H,3-4H2,1-2H3,(H,23,26,28)/t18-/m0/s1. The molecular formula is C21H22N4O2S. The zero-order valence-corrected chi connectivity index (χ0v) is 16.6. The van der Waals surface area contributed by atoms with Crippen LogP contribution in [0.15, 0.2) is 59.6 Å². The SMILES string of the molecule is CCN(CC)c1ccc(N=C[C@H]2C(=O)NC(=S)N(c3ccccc3)C2=O)cc1. The van der Waals surface area contributed by atoms with E-state index in [1.54, 1.807) is 12.1 Å². The number of hydrogen-bond donors (Lipinski definition) is 1. The molecule has 0 radical (unpaired) electrons. The third kappa shape index (κ3) is 4.09. The van der Waals surface area contributed by atoms with Crippen molar-refractivity contribution in [2.24, 2.45) is 10.9 Å². The maximum atomic E-state index is 12.9. The molecule has 0 unspecified atom stereocenters. The summed E-state index contributed by atoms with van der Waals surface area (Å²) >= 11 is 5.18. The Balaban J connectivity index is 1.79. The van der Waals surface area contributed by atoms with Gasteiger partial charge in [0.1, 0.15) is 0 Å². The van der Waals surface area contributed by atoms with Gasteiger partial charge in [0, 0.05) is 25.0 Å². The lowest BCUT2D eigenvalue weighted by molar-refractivity contribution is -0.130. The number of amides is 2. The van der Waals surface area contributed by atoms with E-state index in [1.807, 2.05) is 42.5 Å². The molecule has 1 aliphatic heterocycles. The average Bonchev–Trinajstić information content (AvgIpc) is 2.70. The number of carbonyl (C=O) groups is 2. The predicted molar refractivity (Wildman–Crippen MR) is 116 cm³/mol. The molecule has 6 nitrogen and oxygen atoms in total.